The van der Waals surface area contributed by atoms with Gasteiger partial charge in [0.2, 0.25) is 0 Å². The molecule has 2 aromatic rings. The second kappa shape index (κ2) is 8.17. The average Bonchev–Trinajstić information content (AvgIpc) is 2.96. The van der Waals surface area contributed by atoms with Crippen LogP contribution in [0.25, 0.3) is 0 Å². The van der Waals surface area contributed by atoms with Gasteiger partial charge in [-0.2, -0.15) is 0 Å². The van der Waals surface area contributed by atoms with Crippen molar-refractivity contribution in [2.75, 3.05) is 0 Å². The van der Waals surface area contributed by atoms with Crippen molar-refractivity contribution in [2.24, 2.45) is 5.92 Å². The van der Waals surface area contributed by atoms with Crippen LogP contribution in [0.2, 0.25) is 0 Å². The van der Waals surface area contributed by atoms with E-state index < -0.39 is 29.6 Å². The Morgan fingerprint density at radius 2 is 1.63 bits per heavy atom. The van der Waals surface area contributed by atoms with E-state index in [9.17, 15) is 9.59 Å². The molecular weight excluding hydrogens is 360 g/mol. The third-order valence-corrected chi connectivity index (χ3v) is 5.60. The number of esters is 2. The first-order valence-electron chi connectivity index (χ1n) is 8.99. The molecule has 3 rings (SSSR count). The van der Waals surface area contributed by atoms with Gasteiger partial charge in [-0.25, -0.2) is 0 Å². The molecule has 0 aromatic heterocycles. The van der Waals surface area contributed by atoms with Crippen molar-refractivity contribution in [2.45, 2.75) is 43.5 Å². The number of rotatable bonds is 5. The Balaban J connectivity index is 1.85. The van der Waals surface area contributed by atoms with Gasteiger partial charge in [0, 0.05) is 5.75 Å². The van der Waals surface area contributed by atoms with Crippen LogP contribution in [-0.2, 0) is 24.8 Å². The second-order valence-electron chi connectivity index (χ2n) is 7.54. The van der Waals surface area contributed by atoms with Gasteiger partial charge in [0.15, 0.2) is 5.92 Å². The summed E-state index contributed by atoms with van der Waals surface area (Å²) in [6.07, 6.45) is -0.468. The van der Waals surface area contributed by atoms with Gasteiger partial charge >= 0.3 is 11.9 Å². The molecule has 0 saturated carbocycles. The maximum Gasteiger partial charge on any atom is 0.322 e. The highest BCUT2D eigenvalue weighted by molar-refractivity contribution is 7.99. The summed E-state index contributed by atoms with van der Waals surface area (Å²) in [6.45, 7) is 5.39. The van der Waals surface area contributed by atoms with E-state index >= 15 is 0 Å². The first-order chi connectivity index (χ1) is 12.8. The van der Waals surface area contributed by atoms with Crippen molar-refractivity contribution in [1.82, 2.24) is 0 Å². The number of hydrogen-bond acceptors (Lipinski definition) is 5. The monoisotopic (exact) mass is 384 g/mol. The Bertz CT molecular complexity index is 783. The molecule has 27 heavy (non-hydrogen) atoms. The maximum absolute atomic E-state index is 12.7. The fourth-order valence-corrected chi connectivity index (χ4v) is 4.40. The molecule has 1 aliphatic rings. The van der Waals surface area contributed by atoms with E-state index in [1.165, 1.54) is 0 Å². The Morgan fingerprint density at radius 3 is 2.22 bits per heavy atom. The van der Waals surface area contributed by atoms with E-state index in [2.05, 4.69) is 0 Å². The van der Waals surface area contributed by atoms with Crippen LogP contribution in [-0.4, -0.2) is 22.8 Å². The quantitative estimate of drug-likeness (QED) is 0.559. The molecule has 0 N–H and O–H groups in total. The number of carbonyl (C=O) groups excluding carboxylic acids is 2. The van der Waals surface area contributed by atoms with Crippen molar-refractivity contribution in [3.63, 3.8) is 0 Å². The SMILES string of the molecule is CC(C)(C)OC(=O)[C@@H]1C(=O)O[C@@H](c2ccccc2)[C@H]1SCc1ccccc1. The van der Waals surface area contributed by atoms with E-state index in [1.807, 2.05) is 60.7 Å². The fourth-order valence-electron chi connectivity index (χ4n) is 3.02. The summed E-state index contributed by atoms with van der Waals surface area (Å²) in [4.78, 5) is 25.3. The molecule has 0 amide bonds. The Hall–Kier alpha value is -2.27. The lowest BCUT2D eigenvalue weighted by Gasteiger charge is -2.24. The minimum absolute atomic E-state index is 0.338. The lowest BCUT2D eigenvalue weighted by Crippen LogP contribution is -2.35. The highest BCUT2D eigenvalue weighted by Gasteiger charge is 2.51. The molecule has 0 aliphatic carbocycles. The van der Waals surface area contributed by atoms with Crippen LogP contribution < -0.4 is 0 Å². The Morgan fingerprint density at radius 1 is 1.04 bits per heavy atom. The van der Waals surface area contributed by atoms with Crippen LogP contribution in [0.3, 0.4) is 0 Å². The molecule has 142 valence electrons. The van der Waals surface area contributed by atoms with Crippen molar-refractivity contribution in [1.29, 1.82) is 0 Å². The third-order valence-electron chi connectivity index (χ3n) is 4.20. The molecule has 1 saturated heterocycles. The van der Waals surface area contributed by atoms with Gasteiger partial charge in [-0.3, -0.25) is 9.59 Å². The lowest BCUT2D eigenvalue weighted by atomic mass is 9.99. The second-order valence-corrected chi connectivity index (χ2v) is 8.71. The summed E-state index contributed by atoms with van der Waals surface area (Å²) in [5, 5.41) is -0.338. The fraction of sp³-hybridized carbons (Fsp3) is 0.364. The molecule has 0 spiro atoms. The summed E-state index contributed by atoms with van der Waals surface area (Å²) in [5.41, 5.74) is 1.37. The van der Waals surface area contributed by atoms with Gasteiger partial charge in [-0.05, 0) is 31.9 Å². The number of hydrogen-bond donors (Lipinski definition) is 0. The van der Waals surface area contributed by atoms with E-state index in [0.717, 1.165) is 11.1 Å². The molecule has 1 heterocycles. The van der Waals surface area contributed by atoms with E-state index in [0.29, 0.717) is 5.75 Å². The first kappa shape index (κ1) is 19.5. The zero-order valence-corrected chi connectivity index (χ0v) is 16.6. The molecule has 1 aliphatic heterocycles. The molecular formula is C22H24O4S. The summed E-state index contributed by atoms with van der Waals surface area (Å²) >= 11 is 1.56. The Kier molecular flexibility index (Phi) is 5.90. The lowest BCUT2D eigenvalue weighted by molar-refractivity contribution is -0.164. The smallest absolute Gasteiger partial charge is 0.322 e. The van der Waals surface area contributed by atoms with Gasteiger partial charge in [0.05, 0.1) is 5.25 Å². The maximum atomic E-state index is 12.7. The van der Waals surface area contributed by atoms with Crippen LogP contribution in [0.4, 0.5) is 0 Å². The minimum Gasteiger partial charge on any atom is -0.459 e. The highest BCUT2D eigenvalue weighted by atomic mass is 32.2. The van der Waals surface area contributed by atoms with Gasteiger partial charge in [-0.15, -0.1) is 11.8 Å². The number of ether oxygens (including phenoxy) is 2. The molecule has 1 fully saturated rings. The van der Waals surface area contributed by atoms with E-state index in [4.69, 9.17) is 9.47 Å². The van der Waals surface area contributed by atoms with Crippen LogP contribution in [0.15, 0.2) is 60.7 Å². The average molecular weight is 384 g/mol. The molecule has 2 aromatic carbocycles. The van der Waals surface area contributed by atoms with Crippen molar-refractivity contribution < 1.29 is 19.1 Å². The summed E-state index contributed by atoms with van der Waals surface area (Å²) in [6, 6.07) is 19.6. The largest absolute Gasteiger partial charge is 0.459 e. The van der Waals surface area contributed by atoms with Crippen LogP contribution in [0.5, 0.6) is 0 Å². The standard InChI is InChI=1S/C22H24O4S/c1-22(2,3)26-21(24)17-19(27-14-15-10-6-4-7-11-15)18(25-20(17)23)16-12-8-5-9-13-16/h4-13,17-19H,14H2,1-3H3/t17-,18-,19-/m0/s1. The van der Waals surface area contributed by atoms with Gasteiger partial charge < -0.3 is 9.47 Å². The van der Waals surface area contributed by atoms with Gasteiger partial charge in [0.25, 0.3) is 0 Å². The topological polar surface area (TPSA) is 52.6 Å². The first-order valence-corrected chi connectivity index (χ1v) is 10.0. The zero-order chi connectivity index (χ0) is 19.4. The van der Waals surface area contributed by atoms with Crippen LogP contribution in [0, 0.1) is 5.92 Å². The normalized spacial score (nSPS) is 22.3. The van der Waals surface area contributed by atoms with Crippen molar-refractivity contribution >= 4 is 23.7 Å². The summed E-state index contributed by atoms with van der Waals surface area (Å²) in [5.74, 6) is -1.27. The zero-order valence-electron chi connectivity index (χ0n) is 15.8. The van der Waals surface area contributed by atoms with Gasteiger partial charge in [-0.1, -0.05) is 60.7 Å². The van der Waals surface area contributed by atoms with Crippen LogP contribution in [0.1, 0.15) is 38.0 Å². The number of benzene rings is 2. The predicted molar refractivity (Wildman–Crippen MR) is 106 cm³/mol. The van der Waals surface area contributed by atoms with Crippen molar-refractivity contribution in [3.05, 3.63) is 71.8 Å². The highest BCUT2D eigenvalue weighted by Crippen LogP contribution is 2.43. The summed E-state index contributed by atoms with van der Waals surface area (Å²) < 4.78 is 11.1. The predicted octanol–water partition coefficient (Wildman–Crippen LogP) is 4.54. The molecule has 5 heteroatoms. The molecule has 0 unspecified atom stereocenters. The third kappa shape index (κ3) is 4.92. The van der Waals surface area contributed by atoms with E-state index in [1.54, 1.807) is 32.5 Å². The summed E-state index contributed by atoms with van der Waals surface area (Å²) in [7, 11) is 0. The number of carbonyl (C=O) groups is 2. The number of thioether (sulfide) groups is 1. The molecule has 0 bridgehead atoms. The molecule has 3 atom stereocenters. The van der Waals surface area contributed by atoms with Crippen LogP contribution >= 0.6 is 11.8 Å². The molecule has 4 nitrogen and oxygen atoms in total. The minimum atomic E-state index is -0.928. The molecule has 0 radical (unpaired) electrons. The van der Waals surface area contributed by atoms with E-state index in [-0.39, 0.29) is 5.25 Å². The Labute approximate surface area is 164 Å². The van der Waals surface area contributed by atoms with Crippen molar-refractivity contribution in [3.8, 4) is 0 Å². The van der Waals surface area contributed by atoms with Gasteiger partial charge in [0.1, 0.15) is 11.7 Å². The number of cyclic esters (lactones) is 1.